The van der Waals surface area contributed by atoms with Crippen molar-refractivity contribution in [3.8, 4) is 5.75 Å². The van der Waals surface area contributed by atoms with E-state index in [0.717, 1.165) is 16.9 Å². The molecule has 21 heavy (non-hydrogen) atoms. The fourth-order valence-electron chi connectivity index (χ4n) is 2.24. The number of hydrogen-bond donors (Lipinski definition) is 1. The molecule has 0 bridgehead atoms. The number of aryl methyl sites for hydroxylation is 2. The van der Waals surface area contributed by atoms with Gasteiger partial charge in [-0.1, -0.05) is 26.0 Å². The van der Waals surface area contributed by atoms with Gasteiger partial charge in [0.2, 0.25) is 0 Å². The fraction of sp³-hybridized carbons (Fsp3) is 0.588. The lowest BCUT2D eigenvalue weighted by Gasteiger charge is -2.20. The Morgan fingerprint density at radius 2 is 1.81 bits per heavy atom. The summed E-state index contributed by atoms with van der Waals surface area (Å²) in [4.78, 5) is 11.7. The Morgan fingerprint density at radius 3 is 2.38 bits per heavy atom. The van der Waals surface area contributed by atoms with Gasteiger partial charge in [0.05, 0.1) is 13.7 Å². The maximum absolute atomic E-state index is 11.7. The van der Waals surface area contributed by atoms with Gasteiger partial charge >= 0.3 is 5.97 Å². The molecule has 1 aromatic carbocycles. The normalized spacial score (nSPS) is 12.3. The van der Waals surface area contributed by atoms with Gasteiger partial charge in [-0.3, -0.25) is 4.79 Å². The second kappa shape index (κ2) is 8.03. The number of benzene rings is 1. The molecule has 0 amide bonds. The highest BCUT2D eigenvalue weighted by atomic mass is 16.5. The van der Waals surface area contributed by atoms with Crippen LogP contribution in [0.5, 0.6) is 5.75 Å². The highest BCUT2D eigenvalue weighted by Crippen LogP contribution is 2.25. The van der Waals surface area contributed by atoms with Crippen molar-refractivity contribution in [1.29, 1.82) is 0 Å². The molecule has 0 saturated heterocycles. The van der Waals surface area contributed by atoms with Gasteiger partial charge in [0.1, 0.15) is 11.8 Å². The number of rotatable bonds is 7. The van der Waals surface area contributed by atoms with Gasteiger partial charge in [0, 0.05) is 12.5 Å². The molecule has 0 fully saturated rings. The van der Waals surface area contributed by atoms with Crippen LogP contribution in [0.1, 0.15) is 37.0 Å². The van der Waals surface area contributed by atoms with Gasteiger partial charge < -0.3 is 14.8 Å². The maximum atomic E-state index is 11.7. The zero-order valence-corrected chi connectivity index (χ0v) is 13.9. The minimum absolute atomic E-state index is 0.219. The van der Waals surface area contributed by atoms with Gasteiger partial charge in [0.15, 0.2) is 0 Å². The summed E-state index contributed by atoms with van der Waals surface area (Å²) < 4.78 is 10.7. The molecule has 1 unspecified atom stereocenters. The Hall–Kier alpha value is -1.55. The Morgan fingerprint density at radius 1 is 1.19 bits per heavy atom. The van der Waals surface area contributed by atoms with Crippen LogP contribution in [0.3, 0.4) is 0 Å². The third kappa shape index (κ3) is 5.05. The molecule has 0 aromatic heterocycles. The Kier molecular flexibility index (Phi) is 6.69. The molecule has 0 spiro atoms. The van der Waals surface area contributed by atoms with Crippen molar-refractivity contribution in [2.24, 2.45) is 0 Å². The van der Waals surface area contributed by atoms with E-state index >= 15 is 0 Å². The number of esters is 1. The molecule has 118 valence electrons. The summed E-state index contributed by atoms with van der Waals surface area (Å²) in [7, 11) is 1.41. The number of ether oxygens (including phenoxy) is 2. The van der Waals surface area contributed by atoms with E-state index in [2.05, 4.69) is 31.3 Å². The van der Waals surface area contributed by atoms with Gasteiger partial charge in [-0.2, -0.15) is 0 Å². The summed E-state index contributed by atoms with van der Waals surface area (Å²) in [6, 6.07) is 4.04. The molecule has 0 heterocycles. The first kappa shape index (κ1) is 17.5. The molecule has 1 N–H and O–H groups in total. The highest BCUT2D eigenvalue weighted by molar-refractivity contribution is 5.75. The molecular weight excluding hydrogens is 266 g/mol. The summed E-state index contributed by atoms with van der Waals surface area (Å²) >= 11 is 0. The molecule has 4 nitrogen and oxygen atoms in total. The zero-order chi connectivity index (χ0) is 16.0. The molecule has 1 atom stereocenters. The van der Waals surface area contributed by atoms with Crippen LogP contribution in [-0.4, -0.2) is 31.8 Å². The van der Waals surface area contributed by atoms with Crippen molar-refractivity contribution in [3.63, 3.8) is 0 Å². The predicted octanol–water partition coefficient (Wildman–Crippen LogP) is 2.92. The quantitative estimate of drug-likeness (QED) is 0.785. The first-order chi connectivity index (χ1) is 9.86. The standard InChI is InChI=1S/C17H27NO3/c1-11(2)18-15(17(19)20-6)9-10-21-16-13(4)8-7-12(3)14(16)5/h7-8,11,15,18H,9-10H2,1-6H3. The van der Waals surface area contributed by atoms with Crippen LogP contribution >= 0.6 is 0 Å². The Bertz CT molecular complexity index is 483. The van der Waals surface area contributed by atoms with Crippen molar-refractivity contribution in [3.05, 3.63) is 28.8 Å². The van der Waals surface area contributed by atoms with Crippen LogP contribution in [-0.2, 0) is 9.53 Å². The number of hydrogen-bond acceptors (Lipinski definition) is 4. The van der Waals surface area contributed by atoms with Crippen molar-refractivity contribution in [1.82, 2.24) is 5.32 Å². The second-order valence-electron chi connectivity index (χ2n) is 5.69. The molecule has 1 aromatic rings. The van der Waals surface area contributed by atoms with Crippen LogP contribution in [0.4, 0.5) is 0 Å². The van der Waals surface area contributed by atoms with Crippen molar-refractivity contribution < 1.29 is 14.3 Å². The van der Waals surface area contributed by atoms with E-state index in [1.54, 1.807) is 0 Å². The highest BCUT2D eigenvalue weighted by Gasteiger charge is 2.20. The van der Waals surface area contributed by atoms with Gasteiger partial charge in [0.25, 0.3) is 0 Å². The van der Waals surface area contributed by atoms with Gasteiger partial charge in [-0.15, -0.1) is 0 Å². The first-order valence-corrected chi connectivity index (χ1v) is 7.40. The molecular formula is C17H27NO3. The minimum atomic E-state index is -0.333. The van der Waals surface area contributed by atoms with Crippen molar-refractivity contribution in [2.75, 3.05) is 13.7 Å². The third-order valence-electron chi connectivity index (χ3n) is 3.55. The molecule has 0 saturated carbocycles. The largest absolute Gasteiger partial charge is 0.493 e. The molecule has 0 aliphatic carbocycles. The number of carbonyl (C=O) groups excluding carboxylic acids is 1. The van der Waals surface area contributed by atoms with E-state index in [9.17, 15) is 4.79 Å². The van der Waals surface area contributed by atoms with Crippen molar-refractivity contribution >= 4 is 5.97 Å². The van der Waals surface area contributed by atoms with E-state index in [4.69, 9.17) is 9.47 Å². The molecule has 1 rings (SSSR count). The minimum Gasteiger partial charge on any atom is -0.493 e. The summed E-state index contributed by atoms with van der Waals surface area (Å²) in [6.07, 6.45) is 0.581. The van der Waals surface area contributed by atoms with Gasteiger partial charge in [-0.25, -0.2) is 0 Å². The summed E-state index contributed by atoms with van der Waals surface area (Å²) in [5.41, 5.74) is 3.48. The van der Waals surface area contributed by atoms with E-state index < -0.39 is 0 Å². The van der Waals surface area contributed by atoms with Crippen molar-refractivity contribution in [2.45, 2.75) is 53.1 Å². The summed E-state index contributed by atoms with van der Waals surface area (Å²) in [5, 5.41) is 3.20. The number of methoxy groups -OCH3 is 1. The first-order valence-electron chi connectivity index (χ1n) is 7.40. The van der Waals surface area contributed by atoms with Crippen LogP contribution < -0.4 is 10.1 Å². The lowest BCUT2D eigenvalue weighted by Crippen LogP contribution is -2.42. The SMILES string of the molecule is COC(=O)C(CCOc1c(C)ccc(C)c1C)NC(C)C. The van der Waals surface area contributed by atoms with Crippen LogP contribution in [0, 0.1) is 20.8 Å². The van der Waals surface area contributed by atoms with Crippen LogP contribution in [0.2, 0.25) is 0 Å². The van der Waals surface area contributed by atoms with E-state index in [1.165, 1.54) is 12.7 Å². The fourth-order valence-corrected chi connectivity index (χ4v) is 2.24. The monoisotopic (exact) mass is 293 g/mol. The average Bonchev–Trinajstić information content (AvgIpc) is 2.44. The van der Waals surface area contributed by atoms with E-state index in [0.29, 0.717) is 13.0 Å². The number of nitrogens with one attached hydrogen (secondary N) is 1. The third-order valence-corrected chi connectivity index (χ3v) is 3.55. The Balaban J connectivity index is 2.66. The zero-order valence-electron chi connectivity index (χ0n) is 13.9. The maximum Gasteiger partial charge on any atom is 0.322 e. The number of carbonyl (C=O) groups is 1. The molecule has 0 aliphatic rings. The van der Waals surface area contributed by atoms with Crippen LogP contribution in [0.15, 0.2) is 12.1 Å². The Labute approximate surface area is 127 Å². The average molecular weight is 293 g/mol. The lowest BCUT2D eigenvalue weighted by molar-refractivity contribution is -0.143. The molecule has 4 heteroatoms. The van der Waals surface area contributed by atoms with E-state index in [1.807, 2.05) is 20.8 Å². The smallest absolute Gasteiger partial charge is 0.322 e. The topological polar surface area (TPSA) is 47.6 Å². The van der Waals surface area contributed by atoms with Crippen LogP contribution in [0.25, 0.3) is 0 Å². The molecule has 0 aliphatic heterocycles. The predicted molar refractivity (Wildman–Crippen MR) is 84.8 cm³/mol. The molecule has 0 radical (unpaired) electrons. The summed E-state index contributed by atoms with van der Waals surface area (Å²) in [6.45, 7) is 10.6. The summed E-state index contributed by atoms with van der Waals surface area (Å²) in [5.74, 6) is 0.674. The van der Waals surface area contributed by atoms with E-state index in [-0.39, 0.29) is 18.1 Å². The van der Waals surface area contributed by atoms with Gasteiger partial charge in [-0.05, 0) is 37.5 Å². The lowest BCUT2D eigenvalue weighted by atomic mass is 10.1. The second-order valence-corrected chi connectivity index (χ2v) is 5.69.